The van der Waals surface area contributed by atoms with E-state index in [1.807, 2.05) is 26.0 Å². The van der Waals surface area contributed by atoms with E-state index in [0.717, 1.165) is 22.4 Å². The van der Waals surface area contributed by atoms with Gasteiger partial charge < -0.3 is 4.74 Å². The van der Waals surface area contributed by atoms with Crippen molar-refractivity contribution >= 4 is 21.6 Å². The summed E-state index contributed by atoms with van der Waals surface area (Å²) < 4.78 is 33.3. The Morgan fingerprint density at radius 2 is 1.69 bits per heavy atom. The molecule has 142 valence electrons. The molecule has 4 nitrogen and oxygen atoms in total. The second-order valence-electron chi connectivity index (χ2n) is 6.83. The topological polar surface area (TPSA) is 55.4 Å². The van der Waals surface area contributed by atoms with Crippen LogP contribution in [0.3, 0.4) is 0 Å². The van der Waals surface area contributed by atoms with E-state index in [9.17, 15) is 8.42 Å². The van der Waals surface area contributed by atoms with Crippen LogP contribution in [0.25, 0.3) is 0 Å². The zero-order valence-corrected chi connectivity index (χ0v) is 17.4. The van der Waals surface area contributed by atoms with Crippen molar-refractivity contribution < 1.29 is 13.2 Å². The molecule has 6 heteroatoms. The number of hydrogen-bond acceptors (Lipinski definition) is 3. The number of ether oxygens (including phenoxy) is 1. The van der Waals surface area contributed by atoms with Crippen LogP contribution in [-0.2, 0) is 15.8 Å². The van der Waals surface area contributed by atoms with Crippen LogP contribution in [-0.4, -0.2) is 15.5 Å². The molecule has 0 fully saturated rings. The Morgan fingerprint density at radius 3 is 2.23 bits per heavy atom. The Morgan fingerprint density at radius 1 is 1.08 bits per heavy atom. The third-order valence-corrected chi connectivity index (χ3v) is 6.01. The fraction of sp³-hybridized carbons (Fsp3) is 0.400. The lowest BCUT2D eigenvalue weighted by molar-refractivity contribution is 0.406. The van der Waals surface area contributed by atoms with Gasteiger partial charge in [-0.25, -0.2) is 13.1 Å². The molecular formula is C20H26ClNO3S. The van der Waals surface area contributed by atoms with E-state index >= 15 is 0 Å². The van der Waals surface area contributed by atoms with Gasteiger partial charge in [0.2, 0.25) is 10.0 Å². The second kappa shape index (κ2) is 8.42. The Balaban J connectivity index is 2.24. The number of hydrogen-bond donors (Lipinski definition) is 1. The first kappa shape index (κ1) is 20.7. The van der Waals surface area contributed by atoms with Crippen LogP contribution in [0.1, 0.15) is 55.0 Å². The first-order valence-electron chi connectivity index (χ1n) is 8.56. The Kier molecular flexibility index (Phi) is 6.72. The molecule has 1 N–H and O–H groups in total. The highest BCUT2D eigenvalue weighted by molar-refractivity contribution is 7.88. The minimum atomic E-state index is -3.48. The van der Waals surface area contributed by atoms with E-state index in [-0.39, 0.29) is 17.7 Å². The molecule has 1 atom stereocenters. The van der Waals surface area contributed by atoms with E-state index in [1.165, 1.54) is 0 Å². The summed E-state index contributed by atoms with van der Waals surface area (Å²) in [4.78, 5) is 0. The van der Waals surface area contributed by atoms with Gasteiger partial charge in [0.15, 0.2) is 0 Å². The molecule has 0 radical (unpaired) electrons. The van der Waals surface area contributed by atoms with Crippen molar-refractivity contribution in [1.29, 1.82) is 0 Å². The van der Waals surface area contributed by atoms with E-state index in [4.69, 9.17) is 16.3 Å². The van der Waals surface area contributed by atoms with Gasteiger partial charge in [-0.3, -0.25) is 0 Å². The molecule has 2 aromatic carbocycles. The van der Waals surface area contributed by atoms with Crippen LogP contribution in [0, 0.1) is 6.92 Å². The molecule has 0 saturated heterocycles. The Bertz CT molecular complexity index is 861. The van der Waals surface area contributed by atoms with Gasteiger partial charge in [-0.15, -0.1) is 0 Å². The predicted molar refractivity (Wildman–Crippen MR) is 107 cm³/mol. The molecule has 0 aliphatic heterocycles. The normalized spacial score (nSPS) is 13.0. The summed E-state index contributed by atoms with van der Waals surface area (Å²) in [5, 5.41) is 0.586. The molecule has 0 amide bonds. The Labute approximate surface area is 161 Å². The maximum Gasteiger partial charge on any atom is 0.216 e. The zero-order valence-electron chi connectivity index (χ0n) is 15.8. The van der Waals surface area contributed by atoms with E-state index in [1.54, 1.807) is 31.4 Å². The number of rotatable bonds is 7. The first-order valence-corrected chi connectivity index (χ1v) is 10.6. The van der Waals surface area contributed by atoms with Gasteiger partial charge in [0.1, 0.15) is 5.75 Å². The lowest BCUT2D eigenvalue weighted by atomic mass is 9.94. The second-order valence-corrected chi connectivity index (χ2v) is 9.02. The maximum atomic E-state index is 12.6. The van der Waals surface area contributed by atoms with Crippen LogP contribution < -0.4 is 9.46 Å². The van der Waals surface area contributed by atoms with Gasteiger partial charge in [0, 0.05) is 11.1 Å². The molecule has 26 heavy (non-hydrogen) atoms. The molecule has 0 heterocycles. The summed E-state index contributed by atoms with van der Waals surface area (Å²) in [7, 11) is -1.83. The number of halogens is 1. The minimum absolute atomic E-state index is 0.0826. The average molecular weight is 396 g/mol. The molecular weight excluding hydrogens is 370 g/mol. The molecule has 2 aromatic rings. The van der Waals surface area contributed by atoms with Crippen LogP contribution in [0.15, 0.2) is 36.4 Å². The maximum absolute atomic E-state index is 12.6. The van der Waals surface area contributed by atoms with E-state index in [2.05, 4.69) is 18.6 Å². The van der Waals surface area contributed by atoms with Crippen LogP contribution in [0.2, 0.25) is 5.02 Å². The summed E-state index contributed by atoms with van der Waals surface area (Å²) in [6.45, 7) is 8.00. The lowest BCUT2D eigenvalue weighted by Gasteiger charge is -2.21. The van der Waals surface area contributed by atoms with Crippen LogP contribution in [0.5, 0.6) is 5.75 Å². The van der Waals surface area contributed by atoms with Crippen molar-refractivity contribution in [3.8, 4) is 5.75 Å². The quantitative estimate of drug-likeness (QED) is 0.720. The molecule has 0 unspecified atom stereocenters. The zero-order chi connectivity index (χ0) is 19.5. The van der Waals surface area contributed by atoms with Gasteiger partial charge in [-0.1, -0.05) is 37.6 Å². The summed E-state index contributed by atoms with van der Waals surface area (Å²) >= 11 is 5.85. The van der Waals surface area contributed by atoms with Crippen LogP contribution in [0.4, 0.5) is 0 Å². The minimum Gasteiger partial charge on any atom is -0.496 e. The number of sulfonamides is 1. The summed E-state index contributed by atoms with van der Waals surface area (Å²) in [5.74, 6) is 1.03. The Hall–Kier alpha value is -1.56. The molecule has 0 aliphatic rings. The van der Waals surface area contributed by atoms with E-state index < -0.39 is 10.0 Å². The highest BCUT2D eigenvalue weighted by Gasteiger charge is 2.20. The van der Waals surface area contributed by atoms with Crippen molar-refractivity contribution in [2.75, 3.05) is 7.11 Å². The molecule has 0 spiro atoms. The highest BCUT2D eigenvalue weighted by atomic mass is 35.5. The van der Waals surface area contributed by atoms with Gasteiger partial charge >= 0.3 is 0 Å². The molecule has 0 bridgehead atoms. The third kappa shape index (κ3) is 5.22. The van der Waals surface area contributed by atoms with Crippen molar-refractivity contribution in [2.45, 2.75) is 45.4 Å². The van der Waals surface area contributed by atoms with Crippen molar-refractivity contribution in [1.82, 2.24) is 4.72 Å². The average Bonchev–Trinajstić information content (AvgIpc) is 2.55. The van der Waals surface area contributed by atoms with Crippen molar-refractivity contribution in [3.63, 3.8) is 0 Å². The monoisotopic (exact) mass is 395 g/mol. The molecule has 0 aromatic heterocycles. The number of aryl methyl sites for hydroxylation is 1. The fourth-order valence-corrected chi connectivity index (χ4v) is 4.49. The summed E-state index contributed by atoms with van der Waals surface area (Å²) in [6.07, 6.45) is 0. The van der Waals surface area contributed by atoms with Gasteiger partial charge in [0.05, 0.1) is 12.9 Å². The SMILES string of the molecule is COc1cc(C)c([C@H](C)NS(=O)(=O)Cc2ccc(Cl)cc2)cc1C(C)C. The van der Waals surface area contributed by atoms with Crippen molar-refractivity contribution in [3.05, 3.63) is 63.7 Å². The summed E-state index contributed by atoms with van der Waals surface area (Å²) in [6, 6.07) is 10.5. The standard InChI is InChI=1S/C20H26ClNO3S/c1-13(2)18-11-19(14(3)10-20(18)25-5)15(4)22-26(23,24)12-16-6-8-17(21)9-7-16/h6-11,13,15,22H,12H2,1-5H3/t15-/m0/s1. The largest absolute Gasteiger partial charge is 0.496 e. The van der Waals surface area contributed by atoms with Gasteiger partial charge in [-0.05, 0) is 66.3 Å². The fourth-order valence-electron chi connectivity index (χ4n) is 2.98. The summed E-state index contributed by atoms with van der Waals surface area (Å²) in [5.41, 5.74) is 3.71. The van der Waals surface area contributed by atoms with Gasteiger partial charge in [-0.2, -0.15) is 0 Å². The molecule has 0 saturated carbocycles. The van der Waals surface area contributed by atoms with Gasteiger partial charge in [0.25, 0.3) is 0 Å². The smallest absolute Gasteiger partial charge is 0.216 e. The number of nitrogens with one attached hydrogen (secondary N) is 1. The van der Waals surface area contributed by atoms with E-state index in [0.29, 0.717) is 10.6 Å². The lowest BCUT2D eigenvalue weighted by Crippen LogP contribution is -2.28. The van der Waals surface area contributed by atoms with Crippen LogP contribution >= 0.6 is 11.6 Å². The number of benzene rings is 2. The highest BCUT2D eigenvalue weighted by Crippen LogP contribution is 2.32. The molecule has 0 aliphatic carbocycles. The number of methoxy groups -OCH3 is 1. The third-order valence-electron chi connectivity index (χ3n) is 4.33. The first-order chi connectivity index (χ1) is 12.1. The molecule has 2 rings (SSSR count). The van der Waals surface area contributed by atoms with Crippen molar-refractivity contribution in [2.24, 2.45) is 0 Å². The predicted octanol–water partition coefficient (Wildman–Crippen LogP) is 4.96.